The van der Waals surface area contributed by atoms with E-state index in [1.165, 1.54) is 0 Å². The van der Waals surface area contributed by atoms with Crippen LogP contribution in [-0.2, 0) is 6.54 Å². The molecule has 0 aliphatic heterocycles. The zero-order valence-corrected chi connectivity index (χ0v) is 14.7. The maximum atomic E-state index is 5.66. The monoisotopic (exact) mass is 345 g/mol. The van der Waals surface area contributed by atoms with Gasteiger partial charge in [-0.2, -0.15) is 0 Å². The molecule has 0 amide bonds. The molecule has 0 unspecified atom stereocenters. The molecular formula is C21H19N3O2. The van der Waals surface area contributed by atoms with E-state index in [1.54, 1.807) is 13.4 Å². The molecule has 0 aliphatic rings. The van der Waals surface area contributed by atoms with Crippen LogP contribution in [0.2, 0.25) is 0 Å². The first-order valence-electron chi connectivity index (χ1n) is 8.41. The Morgan fingerprint density at radius 2 is 1.73 bits per heavy atom. The molecule has 0 saturated heterocycles. The number of nitrogens with zero attached hydrogens (tertiary/aromatic N) is 3. The number of imidazole rings is 1. The van der Waals surface area contributed by atoms with Gasteiger partial charge in [-0.05, 0) is 31.2 Å². The van der Waals surface area contributed by atoms with E-state index >= 15 is 0 Å². The summed E-state index contributed by atoms with van der Waals surface area (Å²) in [5, 5.41) is 0. The molecule has 0 saturated carbocycles. The molecule has 0 atom stereocenters. The number of methoxy groups -OCH3 is 1. The van der Waals surface area contributed by atoms with E-state index in [9.17, 15) is 0 Å². The van der Waals surface area contributed by atoms with Crippen LogP contribution in [0.5, 0.6) is 5.75 Å². The number of hydrogen-bond acceptors (Lipinski definition) is 4. The average Bonchev–Trinajstić information content (AvgIpc) is 3.29. The first kappa shape index (κ1) is 16.1. The Morgan fingerprint density at radius 1 is 0.962 bits per heavy atom. The van der Waals surface area contributed by atoms with Crippen LogP contribution in [0.25, 0.3) is 22.8 Å². The van der Waals surface area contributed by atoms with E-state index in [1.807, 2.05) is 55.6 Å². The van der Waals surface area contributed by atoms with Gasteiger partial charge in [0.25, 0.3) is 0 Å². The van der Waals surface area contributed by atoms with Crippen molar-refractivity contribution in [3.05, 3.63) is 78.4 Å². The predicted octanol–water partition coefficient (Wildman–Crippen LogP) is 4.57. The molecule has 26 heavy (non-hydrogen) atoms. The number of oxazole rings is 1. The summed E-state index contributed by atoms with van der Waals surface area (Å²) < 4.78 is 12.9. The summed E-state index contributed by atoms with van der Waals surface area (Å²) in [6.07, 6.45) is 3.73. The first-order chi connectivity index (χ1) is 12.7. The molecule has 0 aliphatic carbocycles. The number of ether oxygens (including phenoxy) is 1. The summed E-state index contributed by atoms with van der Waals surface area (Å²) in [7, 11) is 1.65. The number of aromatic nitrogens is 3. The molecule has 4 rings (SSSR count). The van der Waals surface area contributed by atoms with Gasteiger partial charge in [-0.15, -0.1) is 0 Å². The zero-order chi connectivity index (χ0) is 17.9. The average molecular weight is 345 g/mol. The van der Waals surface area contributed by atoms with Gasteiger partial charge in [0, 0.05) is 17.3 Å². The van der Waals surface area contributed by atoms with Crippen molar-refractivity contribution in [2.75, 3.05) is 7.11 Å². The number of rotatable bonds is 5. The second-order valence-corrected chi connectivity index (χ2v) is 6.07. The van der Waals surface area contributed by atoms with Gasteiger partial charge in [-0.25, -0.2) is 9.97 Å². The zero-order valence-electron chi connectivity index (χ0n) is 14.7. The Kier molecular flexibility index (Phi) is 4.27. The molecule has 0 fully saturated rings. The van der Waals surface area contributed by atoms with Crippen LogP contribution in [0, 0.1) is 6.92 Å². The van der Waals surface area contributed by atoms with Crippen molar-refractivity contribution in [2.45, 2.75) is 13.5 Å². The fourth-order valence-electron chi connectivity index (χ4n) is 2.91. The largest absolute Gasteiger partial charge is 0.497 e. The standard InChI is InChI=1S/C21H19N3O2/c1-15-12-24(20(22-15)16-6-4-3-5-7-16)13-18-14-26-21(23-18)17-8-10-19(25-2)11-9-17/h3-12,14H,13H2,1-2H3. The quantitative estimate of drug-likeness (QED) is 0.532. The highest BCUT2D eigenvalue weighted by atomic mass is 16.5. The minimum Gasteiger partial charge on any atom is -0.497 e. The van der Waals surface area contributed by atoms with Crippen LogP contribution in [0.1, 0.15) is 11.4 Å². The molecule has 0 spiro atoms. The normalized spacial score (nSPS) is 10.8. The van der Waals surface area contributed by atoms with E-state index in [0.717, 1.165) is 34.1 Å². The van der Waals surface area contributed by atoms with Gasteiger partial charge in [0.05, 0.1) is 25.0 Å². The number of benzene rings is 2. The second-order valence-electron chi connectivity index (χ2n) is 6.07. The molecule has 2 heterocycles. The fourth-order valence-corrected chi connectivity index (χ4v) is 2.91. The SMILES string of the molecule is COc1ccc(-c2nc(Cn3cc(C)nc3-c3ccccc3)co2)cc1. The third-order valence-corrected chi connectivity index (χ3v) is 4.15. The Balaban J connectivity index is 1.60. The molecule has 0 bridgehead atoms. The summed E-state index contributed by atoms with van der Waals surface area (Å²) in [5.74, 6) is 2.33. The fraction of sp³-hybridized carbons (Fsp3) is 0.143. The smallest absolute Gasteiger partial charge is 0.226 e. The van der Waals surface area contributed by atoms with Crippen molar-refractivity contribution in [3.63, 3.8) is 0 Å². The summed E-state index contributed by atoms with van der Waals surface area (Å²) in [6, 6.07) is 17.8. The molecular weight excluding hydrogens is 326 g/mol. The lowest BCUT2D eigenvalue weighted by Gasteiger charge is -2.05. The van der Waals surface area contributed by atoms with Crippen LogP contribution >= 0.6 is 0 Å². The molecule has 4 aromatic rings. The van der Waals surface area contributed by atoms with Gasteiger partial charge >= 0.3 is 0 Å². The van der Waals surface area contributed by atoms with Gasteiger partial charge < -0.3 is 13.7 Å². The van der Waals surface area contributed by atoms with E-state index in [-0.39, 0.29) is 0 Å². The lowest BCUT2D eigenvalue weighted by atomic mass is 10.2. The van der Waals surface area contributed by atoms with Crippen molar-refractivity contribution >= 4 is 0 Å². The van der Waals surface area contributed by atoms with Crippen molar-refractivity contribution in [1.82, 2.24) is 14.5 Å². The van der Waals surface area contributed by atoms with Crippen molar-refractivity contribution in [2.24, 2.45) is 0 Å². The van der Waals surface area contributed by atoms with Crippen LogP contribution in [0.15, 0.2) is 71.5 Å². The summed E-state index contributed by atoms with van der Waals surface area (Å²) in [4.78, 5) is 9.27. The minimum absolute atomic E-state index is 0.598. The Morgan fingerprint density at radius 3 is 2.46 bits per heavy atom. The van der Waals surface area contributed by atoms with Crippen LogP contribution in [-0.4, -0.2) is 21.6 Å². The van der Waals surface area contributed by atoms with Crippen LogP contribution in [0.4, 0.5) is 0 Å². The lowest BCUT2D eigenvalue weighted by molar-refractivity contribution is 0.415. The van der Waals surface area contributed by atoms with Gasteiger partial charge in [-0.3, -0.25) is 0 Å². The highest BCUT2D eigenvalue weighted by Crippen LogP contribution is 2.23. The highest BCUT2D eigenvalue weighted by molar-refractivity contribution is 5.56. The Labute approximate surface area is 151 Å². The molecule has 5 nitrogen and oxygen atoms in total. The van der Waals surface area contributed by atoms with E-state index in [2.05, 4.69) is 26.7 Å². The number of hydrogen-bond donors (Lipinski definition) is 0. The number of aryl methyl sites for hydroxylation is 1. The maximum Gasteiger partial charge on any atom is 0.226 e. The molecule has 2 aromatic carbocycles. The third kappa shape index (κ3) is 3.24. The van der Waals surface area contributed by atoms with Gasteiger partial charge in [-0.1, -0.05) is 30.3 Å². The van der Waals surface area contributed by atoms with E-state index in [4.69, 9.17) is 9.15 Å². The second kappa shape index (κ2) is 6.88. The molecule has 5 heteroatoms. The summed E-state index contributed by atoms with van der Waals surface area (Å²) in [5.41, 5.74) is 3.83. The molecule has 0 radical (unpaired) electrons. The van der Waals surface area contributed by atoms with Crippen molar-refractivity contribution < 1.29 is 9.15 Å². The minimum atomic E-state index is 0.598. The summed E-state index contributed by atoms with van der Waals surface area (Å²) >= 11 is 0. The van der Waals surface area contributed by atoms with Gasteiger partial charge in [0.15, 0.2) is 0 Å². The first-order valence-corrected chi connectivity index (χ1v) is 8.41. The Hall–Kier alpha value is -3.34. The Bertz CT molecular complexity index is 1000. The molecule has 2 aromatic heterocycles. The summed E-state index contributed by atoms with van der Waals surface area (Å²) in [6.45, 7) is 2.60. The molecule has 130 valence electrons. The highest BCUT2D eigenvalue weighted by Gasteiger charge is 2.12. The predicted molar refractivity (Wildman–Crippen MR) is 100.0 cm³/mol. The van der Waals surface area contributed by atoms with Crippen molar-refractivity contribution in [3.8, 4) is 28.6 Å². The van der Waals surface area contributed by atoms with Crippen LogP contribution < -0.4 is 4.74 Å². The lowest BCUT2D eigenvalue weighted by Crippen LogP contribution is -2.01. The van der Waals surface area contributed by atoms with Gasteiger partial charge in [0.2, 0.25) is 5.89 Å². The van der Waals surface area contributed by atoms with Crippen molar-refractivity contribution in [1.29, 1.82) is 0 Å². The van der Waals surface area contributed by atoms with E-state index in [0.29, 0.717) is 12.4 Å². The van der Waals surface area contributed by atoms with Crippen LogP contribution in [0.3, 0.4) is 0 Å². The topological polar surface area (TPSA) is 53.1 Å². The third-order valence-electron chi connectivity index (χ3n) is 4.15. The maximum absolute atomic E-state index is 5.66. The van der Waals surface area contributed by atoms with E-state index < -0.39 is 0 Å². The molecule has 0 N–H and O–H groups in total. The van der Waals surface area contributed by atoms with Gasteiger partial charge in [0.1, 0.15) is 17.8 Å².